The molecule has 0 radical (unpaired) electrons. The van der Waals surface area contributed by atoms with E-state index in [9.17, 15) is 4.79 Å². The van der Waals surface area contributed by atoms with Crippen LogP contribution < -0.4 is 20.1 Å². The van der Waals surface area contributed by atoms with Crippen molar-refractivity contribution in [3.05, 3.63) is 71.5 Å². The van der Waals surface area contributed by atoms with Crippen LogP contribution in [0, 0.1) is 0 Å². The van der Waals surface area contributed by atoms with Gasteiger partial charge in [0, 0.05) is 30.1 Å². The van der Waals surface area contributed by atoms with Gasteiger partial charge in [-0.1, -0.05) is 60.3 Å². The van der Waals surface area contributed by atoms with E-state index in [4.69, 9.17) is 9.47 Å². The van der Waals surface area contributed by atoms with Crippen LogP contribution in [-0.4, -0.2) is 24.5 Å². The molecule has 36 heavy (non-hydrogen) atoms. The number of rotatable bonds is 8. The van der Waals surface area contributed by atoms with Crippen molar-refractivity contribution in [2.75, 3.05) is 19.0 Å². The van der Waals surface area contributed by atoms with Gasteiger partial charge < -0.3 is 20.1 Å². The Bertz CT molecular complexity index is 968. The SMILES string of the molecule is C=C/C(=C\C=C/C)Oc1cc2c(cc1OC)CCNC2(C)CC(=O)Nc1nccs1.CC.CC.CC. The second-order valence-electron chi connectivity index (χ2n) is 7.13. The topological polar surface area (TPSA) is 72.5 Å². The highest BCUT2D eigenvalue weighted by molar-refractivity contribution is 7.13. The normalized spacial score (nSPS) is 16.1. The number of aromatic nitrogens is 1. The van der Waals surface area contributed by atoms with E-state index in [1.54, 1.807) is 19.4 Å². The lowest BCUT2D eigenvalue weighted by atomic mass is 9.81. The van der Waals surface area contributed by atoms with Gasteiger partial charge >= 0.3 is 0 Å². The molecular formula is C29H45N3O3S. The minimum atomic E-state index is -0.541. The molecule has 7 heteroatoms. The summed E-state index contributed by atoms with van der Waals surface area (Å²) >= 11 is 1.40. The predicted molar refractivity (Wildman–Crippen MR) is 155 cm³/mol. The van der Waals surface area contributed by atoms with Crippen LogP contribution in [0.1, 0.15) is 72.9 Å². The maximum Gasteiger partial charge on any atom is 0.228 e. The van der Waals surface area contributed by atoms with Crippen LogP contribution in [0.25, 0.3) is 0 Å². The summed E-state index contributed by atoms with van der Waals surface area (Å²) in [6.07, 6.45) is 10.1. The van der Waals surface area contributed by atoms with E-state index in [0.717, 1.165) is 24.1 Å². The molecule has 3 rings (SSSR count). The highest BCUT2D eigenvalue weighted by atomic mass is 32.1. The number of fused-ring (bicyclic) bond motifs is 1. The maximum atomic E-state index is 12.7. The Morgan fingerprint density at radius 1 is 1.22 bits per heavy atom. The highest BCUT2D eigenvalue weighted by Crippen LogP contribution is 2.40. The van der Waals surface area contributed by atoms with Crippen molar-refractivity contribution < 1.29 is 14.3 Å². The van der Waals surface area contributed by atoms with Gasteiger partial charge in [0.25, 0.3) is 0 Å². The van der Waals surface area contributed by atoms with Crippen LogP contribution in [0.3, 0.4) is 0 Å². The van der Waals surface area contributed by atoms with E-state index in [0.29, 0.717) is 22.4 Å². The second kappa shape index (κ2) is 18.4. The summed E-state index contributed by atoms with van der Waals surface area (Å²) in [7, 11) is 1.62. The quantitative estimate of drug-likeness (QED) is 0.279. The molecule has 0 spiro atoms. The molecule has 200 valence electrons. The van der Waals surface area contributed by atoms with Crippen molar-refractivity contribution >= 4 is 22.4 Å². The molecule has 0 bridgehead atoms. The number of allylic oxidation sites excluding steroid dienone is 4. The molecule has 0 saturated carbocycles. The average molecular weight is 516 g/mol. The summed E-state index contributed by atoms with van der Waals surface area (Å²) in [5.74, 6) is 1.75. The number of carbonyl (C=O) groups is 1. The van der Waals surface area contributed by atoms with Gasteiger partial charge in [-0.3, -0.25) is 4.79 Å². The third-order valence-corrected chi connectivity index (χ3v) is 5.66. The Balaban J connectivity index is 0.00000190. The van der Waals surface area contributed by atoms with E-state index in [-0.39, 0.29) is 12.3 Å². The first-order valence-electron chi connectivity index (χ1n) is 12.8. The molecule has 0 fully saturated rings. The van der Waals surface area contributed by atoms with Crippen LogP contribution in [0.15, 0.2) is 60.4 Å². The first-order valence-corrected chi connectivity index (χ1v) is 13.7. The number of nitrogens with zero attached hydrogens (tertiary/aromatic N) is 1. The van der Waals surface area contributed by atoms with Crippen LogP contribution in [0.4, 0.5) is 5.13 Å². The first-order chi connectivity index (χ1) is 17.5. The average Bonchev–Trinajstić information content (AvgIpc) is 3.42. The zero-order valence-corrected chi connectivity index (χ0v) is 24.3. The van der Waals surface area contributed by atoms with E-state index in [2.05, 4.69) is 22.2 Å². The molecular weight excluding hydrogens is 470 g/mol. The molecule has 1 aliphatic rings. The predicted octanol–water partition coefficient (Wildman–Crippen LogP) is 7.64. The van der Waals surface area contributed by atoms with E-state index in [1.807, 2.05) is 91.1 Å². The van der Waals surface area contributed by atoms with Crippen molar-refractivity contribution in [1.29, 1.82) is 0 Å². The monoisotopic (exact) mass is 515 g/mol. The van der Waals surface area contributed by atoms with Crippen LogP contribution in [-0.2, 0) is 16.8 Å². The van der Waals surface area contributed by atoms with Gasteiger partial charge in [0.1, 0.15) is 5.76 Å². The standard InChI is InChI=1S/C23H27N3O3S.3C2H6/c1-5-7-8-17(6-2)29-20-14-18-16(13-19(20)28-4)9-10-25-23(18,3)15-21(27)26-22-24-11-12-30-22;3*1-2/h5-8,11-14,25H,2,9-10,15H2,1,3-4H3,(H,24,26,27);3*1-2H3/b7-5-,17-8+;;;. The second-order valence-corrected chi connectivity index (χ2v) is 8.03. The van der Waals surface area contributed by atoms with Gasteiger partial charge in [-0.15, -0.1) is 11.3 Å². The molecule has 1 aromatic carbocycles. The summed E-state index contributed by atoms with van der Waals surface area (Å²) in [6, 6.07) is 3.96. The Labute approximate surface area is 222 Å². The van der Waals surface area contributed by atoms with Gasteiger partial charge in [0.15, 0.2) is 16.6 Å². The number of hydrogen-bond acceptors (Lipinski definition) is 6. The number of benzene rings is 1. The zero-order chi connectivity index (χ0) is 27.6. The van der Waals surface area contributed by atoms with E-state index < -0.39 is 5.54 Å². The molecule has 1 aromatic heterocycles. The molecule has 0 saturated heterocycles. The highest BCUT2D eigenvalue weighted by Gasteiger charge is 2.35. The largest absolute Gasteiger partial charge is 0.493 e. The Kier molecular flexibility index (Phi) is 16.9. The first kappa shape index (κ1) is 33.1. The minimum absolute atomic E-state index is 0.0918. The summed E-state index contributed by atoms with van der Waals surface area (Å²) in [4.78, 5) is 16.8. The Morgan fingerprint density at radius 3 is 2.47 bits per heavy atom. The molecule has 1 unspecified atom stereocenters. The fraction of sp³-hybridized carbons (Fsp3) is 0.448. The number of nitrogens with one attached hydrogen (secondary N) is 2. The van der Waals surface area contributed by atoms with Crippen molar-refractivity contribution in [1.82, 2.24) is 10.3 Å². The Morgan fingerprint density at radius 2 is 1.92 bits per heavy atom. The molecule has 1 aliphatic heterocycles. The molecule has 0 aliphatic carbocycles. The maximum absolute atomic E-state index is 12.7. The van der Waals surface area contributed by atoms with E-state index >= 15 is 0 Å². The van der Waals surface area contributed by atoms with Crippen molar-refractivity contribution in [3.63, 3.8) is 0 Å². The lowest BCUT2D eigenvalue weighted by Gasteiger charge is -2.37. The van der Waals surface area contributed by atoms with Crippen LogP contribution >= 0.6 is 11.3 Å². The molecule has 2 heterocycles. The molecule has 6 nitrogen and oxygen atoms in total. The third kappa shape index (κ3) is 9.63. The van der Waals surface area contributed by atoms with Gasteiger partial charge in [-0.05, 0) is 55.7 Å². The number of anilines is 1. The summed E-state index contributed by atoms with van der Waals surface area (Å²) in [5.41, 5.74) is 1.62. The number of ether oxygens (including phenoxy) is 2. The van der Waals surface area contributed by atoms with Gasteiger partial charge in [0.2, 0.25) is 5.91 Å². The zero-order valence-electron chi connectivity index (χ0n) is 23.5. The summed E-state index contributed by atoms with van der Waals surface area (Å²) < 4.78 is 11.6. The molecule has 2 N–H and O–H groups in total. The number of carbonyl (C=O) groups excluding carboxylic acids is 1. The van der Waals surface area contributed by atoms with Crippen molar-refractivity contribution in [2.24, 2.45) is 0 Å². The fourth-order valence-electron chi connectivity index (χ4n) is 3.52. The van der Waals surface area contributed by atoms with Gasteiger partial charge in [-0.2, -0.15) is 0 Å². The number of amides is 1. The molecule has 1 atom stereocenters. The summed E-state index contributed by atoms with van der Waals surface area (Å²) in [6.45, 7) is 20.6. The van der Waals surface area contributed by atoms with Crippen LogP contribution in [0.5, 0.6) is 11.5 Å². The summed E-state index contributed by atoms with van der Waals surface area (Å²) in [5, 5.41) is 8.81. The lowest BCUT2D eigenvalue weighted by molar-refractivity contribution is -0.117. The minimum Gasteiger partial charge on any atom is -0.493 e. The van der Waals surface area contributed by atoms with Crippen LogP contribution in [0.2, 0.25) is 0 Å². The lowest BCUT2D eigenvalue weighted by Crippen LogP contribution is -2.47. The third-order valence-electron chi connectivity index (χ3n) is 4.97. The van der Waals surface area contributed by atoms with Gasteiger partial charge in [0.05, 0.1) is 7.11 Å². The van der Waals surface area contributed by atoms with E-state index in [1.165, 1.54) is 11.3 Å². The molecule has 2 aromatic rings. The number of thiazole rings is 1. The van der Waals surface area contributed by atoms with Crippen molar-refractivity contribution in [3.8, 4) is 11.5 Å². The van der Waals surface area contributed by atoms with Gasteiger partial charge in [-0.25, -0.2) is 4.98 Å². The smallest absolute Gasteiger partial charge is 0.228 e. The molecule has 1 amide bonds. The Hall–Kier alpha value is -2.90. The number of methoxy groups -OCH3 is 1. The van der Waals surface area contributed by atoms with Crippen molar-refractivity contribution in [2.45, 2.75) is 73.8 Å². The fourth-order valence-corrected chi connectivity index (χ4v) is 4.06. The number of hydrogen-bond donors (Lipinski definition) is 2.